The third-order valence-electron chi connectivity index (χ3n) is 4.67. The Labute approximate surface area is 164 Å². The third-order valence-corrected chi connectivity index (χ3v) is 5.64. The Morgan fingerprint density at radius 2 is 2.04 bits per heavy atom. The first kappa shape index (κ1) is 20.4. The first-order valence-corrected chi connectivity index (χ1v) is 11.2. The van der Waals surface area contributed by atoms with Crippen molar-refractivity contribution in [3.05, 3.63) is 12.3 Å². The molecule has 152 valence electrons. The number of carbonyl (C=O) groups is 1. The Morgan fingerprint density at radius 3 is 2.68 bits per heavy atom. The van der Waals surface area contributed by atoms with Crippen LogP contribution in [-0.2, 0) is 14.6 Å². The van der Waals surface area contributed by atoms with Gasteiger partial charge in [0.2, 0.25) is 11.9 Å². The summed E-state index contributed by atoms with van der Waals surface area (Å²) in [5, 5.41) is 6.34. The number of amides is 1. The van der Waals surface area contributed by atoms with Gasteiger partial charge in [-0.3, -0.25) is 10.1 Å². The summed E-state index contributed by atoms with van der Waals surface area (Å²) in [5.41, 5.74) is 6.42. The van der Waals surface area contributed by atoms with Gasteiger partial charge in [-0.2, -0.15) is 0 Å². The van der Waals surface area contributed by atoms with Crippen LogP contribution in [0.3, 0.4) is 0 Å². The van der Waals surface area contributed by atoms with Crippen LogP contribution in [-0.4, -0.2) is 47.6 Å². The van der Waals surface area contributed by atoms with Crippen molar-refractivity contribution in [3.8, 4) is 0 Å². The van der Waals surface area contributed by atoms with Gasteiger partial charge in [-0.15, -0.1) is 0 Å². The highest BCUT2D eigenvalue weighted by molar-refractivity contribution is 7.90. The molecule has 3 rings (SSSR count). The standard InChI is InChI=1S/C18H26N6O3S/c1-10(2)21-16-15-12(8-14(22-16)28(3,26)27)9-20-18(23-15)24-17(25)11-5-4-6-13(19)7-11/h8-11,13H,4-7,19H2,1-3H3,(H,21,22)(H,20,23,24,25)/t11-,13+/m0/s1. The maximum Gasteiger partial charge on any atom is 0.230 e. The Bertz CT molecular complexity index is 992. The lowest BCUT2D eigenvalue weighted by Gasteiger charge is -2.25. The molecule has 1 aliphatic carbocycles. The van der Waals surface area contributed by atoms with Gasteiger partial charge >= 0.3 is 0 Å². The average molecular weight is 407 g/mol. The van der Waals surface area contributed by atoms with E-state index in [-0.39, 0.29) is 34.9 Å². The minimum atomic E-state index is -3.49. The summed E-state index contributed by atoms with van der Waals surface area (Å²) in [7, 11) is -3.49. The molecule has 1 fully saturated rings. The first-order chi connectivity index (χ1) is 13.1. The van der Waals surface area contributed by atoms with E-state index in [1.54, 1.807) is 0 Å². The van der Waals surface area contributed by atoms with Crippen molar-refractivity contribution in [2.24, 2.45) is 11.7 Å². The van der Waals surface area contributed by atoms with Gasteiger partial charge in [-0.1, -0.05) is 6.42 Å². The molecular formula is C18H26N6O3S. The lowest BCUT2D eigenvalue weighted by atomic mass is 9.85. The fraction of sp³-hybridized carbons (Fsp3) is 0.556. The molecule has 10 heteroatoms. The number of aromatic nitrogens is 3. The number of nitrogens with one attached hydrogen (secondary N) is 2. The van der Waals surface area contributed by atoms with Gasteiger partial charge in [-0.25, -0.2) is 23.4 Å². The number of rotatable bonds is 5. The molecule has 0 unspecified atom stereocenters. The molecule has 1 saturated carbocycles. The van der Waals surface area contributed by atoms with Crippen LogP contribution in [0.5, 0.6) is 0 Å². The SMILES string of the molecule is CC(C)Nc1nc(S(C)(=O)=O)cc2cnc(NC(=O)[C@H]3CCC[C@@H](N)C3)nc12. The highest BCUT2D eigenvalue weighted by Crippen LogP contribution is 2.26. The van der Waals surface area contributed by atoms with Crippen molar-refractivity contribution in [1.82, 2.24) is 15.0 Å². The molecule has 0 bridgehead atoms. The normalized spacial score (nSPS) is 20.3. The van der Waals surface area contributed by atoms with E-state index < -0.39 is 9.84 Å². The number of sulfone groups is 1. The quantitative estimate of drug-likeness (QED) is 0.681. The van der Waals surface area contributed by atoms with E-state index in [1.807, 2.05) is 13.8 Å². The number of carbonyl (C=O) groups excluding carboxylic acids is 1. The van der Waals surface area contributed by atoms with Crippen LogP contribution in [0.15, 0.2) is 17.3 Å². The molecule has 0 spiro atoms. The Kier molecular flexibility index (Phi) is 5.80. The predicted octanol–water partition coefficient (Wildman–Crippen LogP) is 1.70. The van der Waals surface area contributed by atoms with E-state index >= 15 is 0 Å². The number of pyridine rings is 1. The molecule has 0 radical (unpaired) electrons. The van der Waals surface area contributed by atoms with Crippen LogP contribution in [0.1, 0.15) is 39.5 Å². The minimum absolute atomic E-state index is 0.0160. The number of anilines is 2. The zero-order chi connectivity index (χ0) is 20.5. The van der Waals surface area contributed by atoms with Crippen LogP contribution in [0.4, 0.5) is 11.8 Å². The van der Waals surface area contributed by atoms with Crippen LogP contribution < -0.4 is 16.4 Å². The smallest absolute Gasteiger partial charge is 0.230 e. The summed E-state index contributed by atoms with van der Waals surface area (Å²) in [5.74, 6) is 0.207. The molecule has 2 heterocycles. The van der Waals surface area contributed by atoms with Crippen molar-refractivity contribution in [2.45, 2.75) is 56.6 Å². The van der Waals surface area contributed by atoms with E-state index in [0.717, 1.165) is 25.5 Å². The zero-order valence-corrected chi connectivity index (χ0v) is 17.1. The summed E-state index contributed by atoms with van der Waals surface area (Å²) in [6.45, 7) is 3.83. The number of hydrogen-bond acceptors (Lipinski definition) is 8. The largest absolute Gasteiger partial charge is 0.366 e. The molecule has 2 aromatic rings. The molecule has 2 aromatic heterocycles. The summed E-state index contributed by atoms with van der Waals surface area (Å²) in [6.07, 6.45) is 5.91. The first-order valence-electron chi connectivity index (χ1n) is 9.34. The van der Waals surface area contributed by atoms with Gasteiger partial charge < -0.3 is 11.1 Å². The second-order valence-electron chi connectivity index (χ2n) is 7.62. The van der Waals surface area contributed by atoms with Crippen molar-refractivity contribution in [3.63, 3.8) is 0 Å². The van der Waals surface area contributed by atoms with Crippen LogP contribution in [0.2, 0.25) is 0 Å². The lowest BCUT2D eigenvalue weighted by Crippen LogP contribution is -2.34. The molecule has 1 amide bonds. The molecule has 0 aliphatic heterocycles. The molecule has 1 aliphatic rings. The zero-order valence-electron chi connectivity index (χ0n) is 16.3. The van der Waals surface area contributed by atoms with E-state index in [4.69, 9.17) is 5.73 Å². The topological polar surface area (TPSA) is 140 Å². The van der Waals surface area contributed by atoms with Gasteiger partial charge in [0, 0.05) is 35.8 Å². The molecule has 28 heavy (non-hydrogen) atoms. The van der Waals surface area contributed by atoms with Crippen LogP contribution in [0, 0.1) is 5.92 Å². The Morgan fingerprint density at radius 1 is 1.29 bits per heavy atom. The fourth-order valence-electron chi connectivity index (χ4n) is 3.32. The van der Waals surface area contributed by atoms with Crippen molar-refractivity contribution >= 4 is 38.4 Å². The maximum atomic E-state index is 12.5. The van der Waals surface area contributed by atoms with E-state index in [2.05, 4.69) is 25.6 Å². The van der Waals surface area contributed by atoms with Crippen LogP contribution in [0.25, 0.3) is 10.9 Å². The molecule has 0 saturated heterocycles. The number of nitrogens with two attached hydrogens (primary N) is 1. The molecule has 0 aromatic carbocycles. The van der Waals surface area contributed by atoms with Crippen LogP contribution >= 0.6 is 0 Å². The van der Waals surface area contributed by atoms with E-state index in [1.165, 1.54) is 12.3 Å². The average Bonchev–Trinajstić information content (AvgIpc) is 2.60. The fourth-order valence-corrected chi connectivity index (χ4v) is 3.92. The van der Waals surface area contributed by atoms with Crippen molar-refractivity contribution in [1.29, 1.82) is 0 Å². The molecule has 4 N–H and O–H groups in total. The number of fused-ring (bicyclic) bond motifs is 1. The summed E-state index contributed by atoms with van der Waals surface area (Å²) in [6, 6.07) is 1.49. The number of hydrogen-bond donors (Lipinski definition) is 3. The monoisotopic (exact) mass is 406 g/mol. The highest BCUT2D eigenvalue weighted by Gasteiger charge is 2.26. The molecule has 2 atom stereocenters. The predicted molar refractivity (Wildman–Crippen MR) is 108 cm³/mol. The van der Waals surface area contributed by atoms with E-state index in [0.29, 0.717) is 23.1 Å². The van der Waals surface area contributed by atoms with Gasteiger partial charge in [0.25, 0.3) is 0 Å². The van der Waals surface area contributed by atoms with Gasteiger partial charge in [0.15, 0.2) is 20.7 Å². The highest BCUT2D eigenvalue weighted by atomic mass is 32.2. The summed E-state index contributed by atoms with van der Waals surface area (Å²) in [4.78, 5) is 25.3. The Hall–Kier alpha value is -2.33. The second-order valence-corrected chi connectivity index (χ2v) is 9.59. The van der Waals surface area contributed by atoms with Gasteiger partial charge in [0.1, 0.15) is 5.52 Å². The van der Waals surface area contributed by atoms with Crippen molar-refractivity contribution < 1.29 is 13.2 Å². The van der Waals surface area contributed by atoms with Gasteiger partial charge in [-0.05, 0) is 39.2 Å². The van der Waals surface area contributed by atoms with Crippen molar-refractivity contribution in [2.75, 3.05) is 16.9 Å². The lowest BCUT2D eigenvalue weighted by molar-refractivity contribution is -0.120. The minimum Gasteiger partial charge on any atom is -0.366 e. The second kappa shape index (κ2) is 7.96. The van der Waals surface area contributed by atoms with E-state index in [9.17, 15) is 13.2 Å². The Balaban J connectivity index is 1.94. The molecular weight excluding hydrogens is 380 g/mol. The summed E-state index contributed by atoms with van der Waals surface area (Å²) < 4.78 is 23.9. The molecule has 9 nitrogen and oxygen atoms in total. The summed E-state index contributed by atoms with van der Waals surface area (Å²) >= 11 is 0. The number of nitrogens with zero attached hydrogens (tertiary/aromatic N) is 3. The van der Waals surface area contributed by atoms with Gasteiger partial charge in [0.05, 0.1) is 0 Å². The third kappa shape index (κ3) is 4.74. The maximum absolute atomic E-state index is 12.5.